The van der Waals surface area contributed by atoms with Gasteiger partial charge in [0, 0.05) is 29.6 Å². The molecule has 0 amide bonds. The van der Waals surface area contributed by atoms with Gasteiger partial charge in [0.25, 0.3) is 0 Å². The molecule has 1 aromatic carbocycles. The van der Waals surface area contributed by atoms with Gasteiger partial charge in [-0.15, -0.1) is 0 Å². The Bertz CT molecular complexity index is 554. The number of benzene rings is 1. The van der Waals surface area contributed by atoms with Gasteiger partial charge in [0.2, 0.25) is 0 Å². The van der Waals surface area contributed by atoms with E-state index in [1.165, 1.54) is 12.1 Å². The van der Waals surface area contributed by atoms with Gasteiger partial charge >= 0.3 is 0 Å². The highest BCUT2D eigenvalue weighted by Gasteiger charge is 2.42. The van der Waals surface area contributed by atoms with Crippen molar-refractivity contribution >= 4 is 0 Å². The second-order valence-electron chi connectivity index (χ2n) is 8.96. The van der Waals surface area contributed by atoms with Crippen LogP contribution in [0.1, 0.15) is 58.4 Å². The highest BCUT2D eigenvalue weighted by Crippen LogP contribution is 2.35. The average molecular weight is 334 g/mol. The first-order chi connectivity index (χ1) is 11.2. The molecule has 2 atom stereocenters. The molecule has 0 unspecified atom stereocenters. The van der Waals surface area contributed by atoms with Crippen molar-refractivity contribution in [1.29, 1.82) is 0 Å². The van der Waals surface area contributed by atoms with Crippen LogP contribution in [-0.4, -0.2) is 46.3 Å². The van der Waals surface area contributed by atoms with Crippen molar-refractivity contribution < 1.29 is 9.50 Å². The average Bonchev–Trinajstić information content (AvgIpc) is 2.45. The lowest BCUT2D eigenvalue weighted by molar-refractivity contribution is -0.00394. The van der Waals surface area contributed by atoms with Gasteiger partial charge in [0.05, 0.1) is 6.10 Å². The van der Waals surface area contributed by atoms with Crippen LogP contribution in [0.5, 0.6) is 0 Å². The maximum Gasteiger partial charge on any atom is 0.123 e. The Labute approximate surface area is 145 Å². The van der Waals surface area contributed by atoms with Gasteiger partial charge in [0.15, 0.2) is 0 Å². The van der Waals surface area contributed by atoms with Crippen molar-refractivity contribution in [2.45, 2.75) is 76.1 Å². The number of hydrogen-bond acceptors (Lipinski definition) is 3. The normalized spacial score (nSPS) is 31.1. The molecular formula is C20H31FN2O. The fourth-order valence-electron chi connectivity index (χ4n) is 4.91. The number of rotatable bonds is 2. The van der Waals surface area contributed by atoms with Crippen molar-refractivity contribution in [1.82, 2.24) is 10.2 Å². The van der Waals surface area contributed by atoms with Crippen LogP contribution in [0.3, 0.4) is 0 Å². The van der Waals surface area contributed by atoms with Crippen molar-refractivity contribution in [3.63, 3.8) is 0 Å². The van der Waals surface area contributed by atoms with E-state index in [1.807, 2.05) is 12.1 Å². The predicted octanol–water partition coefficient (Wildman–Crippen LogP) is 3.29. The van der Waals surface area contributed by atoms with Crippen LogP contribution in [0.4, 0.5) is 4.39 Å². The summed E-state index contributed by atoms with van der Waals surface area (Å²) in [5, 5.41) is 14.4. The lowest BCUT2D eigenvalue weighted by Gasteiger charge is -2.51. The third kappa shape index (κ3) is 3.98. The summed E-state index contributed by atoms with van der Waals surface area (Å²) in [5.74, 6) is -0.102. The number of aliphatic hydroxyl groups is 1. The predicted molar refractivity (Wildman–Crippen MR) is 95.7 cm³/mol. The third-order valence-corrected chi connectivity index (χ3v) is 5.60. The second-order valence-corrected chi connectivity index (χ2v) is 8.96. The maximum atomic E-state index is 13.1. The molecule has 4 heteroatoms. The summed E-state index contributed by atoms with van der Waals surface area (Å²) in [6.07, 6.45) is 2.75. The van der Waals surface area contributed by atoms with E-state index in [4.69, 9.17) is 0 Å². The first-order valence-electron chi connectivity index (χ1n) is 9.12. The summed E-state index contributed by atoms with van der Waals surface area (Å²) in [5.41, 5.74) is 1.28. The number of hydrogen-bond donors (Lipinski definition) is 2. The molecule has 2 fully saturated rings. The molecule has 2 aliphatic heterocycles. The summed E-state index contributed by atoms with van der Waals surface area (Å²) < 4.78 is 13.1. The molecule has 2 N–H and O–H groups in total. The summed E-state index contributed by atoms with van der Waals surface area (Å²) in [6.45, 7) is 10.8. The summed E-state index contributed by atoms with van der Waals surface area (Å²) in [6, 6.07) is 7.11. The Hall–Kier alpha value is -0.970. The molecule has 0 saturated carbocycles. The minimum absolute atomic E-state index is 0.115. The summed E-state index contributed by atoms with van der Waals surface area (Å²) >= 11 is 0. The van der Waals surface area contributed by atoms with E-state index in [9.17, 15) is 9.50 Å². The zero-order chi connectivity index (χ0) is 17.5. The molecule has 0 radical (unpaired) electrons. The molecule has 2 heterocycles. The zero-order valence-electron chi connectivity index (χ0n) is 15.3. The lowest BCUT2D eigenvalue weighted by Crippen LogP contribution is -2.63. The van der Waals surface area contributed by atoms with Gasteiger partial charge in [-0.2, -0.15) is 0 Å². The molecule has 0 aliphatic carbocycles. The van der Waals surface area contributed by atoms with Crippen LogP contribution >= 0.6 is 0 Å². The fourth-order valence-corrected chi connectivity index (χ4v) is 4.91. The minimum Gasteiger partial charge on any atom is -0.391 e. The van der Waals surface area contributed by atoms with E-state index < -0.39 is 0 Å². The highest BCUT2D eigenvalue weighted by atomic mass is 19.1. The minimum atomic E-state index is -0.384. The van der Waals surface area contributed by atoms with E-state index in [0.29, 0.717) is 12.6 Å². The Morgan fingerprint density at radius 3 is 2.21 bits per heavy atom. The smallest absolute Gasteiger partial charge is 0.123 e. The van der Waals surface area contributed by atoms with Crippen LogP contribution in [0, 0.1) is 5.82 Å². The summed E-state index contributed by atoms with van der Waals surface area (Å²) in [7, 11) is 0. The second kappa shape index (κ2) is 6.40. The van der Waals surface area contributed by atoms with Gasteiger partial charge in [-0.3, -0.25) is 4.90 Å². The van der Waals surface area contributed by atoms with Crippen molar-refractivity contribution in [3.8, 4) is 0 Å². The topological polar surface area (TPSA) is 35.5 Å². The first kappa shape index (κ1) is 17.8. The number of nitrogens with zero attached hydrogens (tertiary/aromatic N) is 1. The quantitative estimate of drug-likeness (QED) is 0.871. The van der Waals surface area contributed by atoms with Crippen LogP contribution in [0.15, 0.2) is 24.3 Å². The van der Waals surface area contributed by atoms with E-state index in [1.54, 1.807) is 0 Å². The highest BCUT2D eigenvalue weighted by molar-refractivity contribution is 5.22. The van der Waals surface area contributed by atoms with Crippen molar-refractivity contribution in [3.05, 3.63) is 35.6 Å². The number of β-amino-alcohol motifs (C(OH)–C–C–N with tert-alkyl or cyclic N) is 1. The molecule has 2 saturated heterocycles. The Morgan fingerprint density at radius 2 is 1.67 bits per heavy atom. The van der Waals surface area contributed by atoms with Crippen LogP contribution in [0.25, 0.3) is 0 Å². The van der Waals surface area contributed by atoms with E-state index in [2.05, 4.69) is 37.9 Å². The van der Waals surface area contributed by atoms with Gasteiger partial charge < -0.3 is 10.4 Å². The summed E-state index contributed by atoms with van der Waals surface area (Å²) in [4.78, 5) is 2.47. The molecule has 3 nitrogen and oxygen atoms in total. The van der Waals surface area contributed by atoms with E-state index in [-0.39, 0.29) is 28.9 Å². The first-order valence-corrected chi connectivity index (χ1v) is 9.12. The monoisotopic (exact) mass is 334 g/mol. The van der Waals surface area contributed by atoms with Crippen LogP contribution in [-0.2, 0) is 0 Å². The molecule has 24 heavy (non-hydrogen) atoms. The molecular weight excluding hydrogens is 303 g/mol. The molecule has 0 spiro atoms. The van der Waals surface area contributed by atoms with Crippen molar-refractivity contribution in [2.75, 3.05) is 13.1 Å². The Kier molecular flexibility index (Phi) is 4.75. The lowest BCUT2D eigenvalue weighted by atomic mass is 9.77. The SMILES string of the molecule is CC1(C)CC(N2CC[C@@H](c3ccc(F)cc3)[C@H](O)C2)CC(C)(C)N1. The molecule has 3 rings (SSSR count). The largest absolute Gasteiger partial charge is 0.391 e. The van der Waals surface area contributed by atoms with Gasteiger partial charge in [-0.25, -0.2) is 4.39 Å². The molecule has 134 valence electrons. The molecule has 2 aliphatic rings. The van der Waals surface area contributed by atoms with Crippen molar-refractivity contribution in [2.24, 2.45) is 0 Å². The van der Waals surface area contributed by atoms with Gasteiger partial charge in [-0.1, -0.05) is 12.1 Å². The van der Waals surface area contributed by atoms with Crippen LogP contribution in [0.2, 0.25) is 0 Å². The maximum absolute atomic E-state index is 13.1. The zero-order valence-corrected chi connectivity index (χ0v) is 15.3. The Balaban J connectivity index is 1.68. The Morgan fingerprint density at radius 1 is 1.08 bits per heavy atom. The number of nitrogens with one attached hydrogen (secondary N) is 1. The van der Waals surface area contributed by atoms with E-state index in [0.717, 1.165) is 31.4 Å². The molecule has 0 bridgehead atoms. The third-order valence-electron chi connectivity index (χ3n) is 5.60. The fraction of sp³-hybridized carbons (Fsp3) is 0.700. The van der Waals surface area contributed by atoms with Crippen LogP contribution < -0.4 is 5.32 Å². The molecule has 1 aromatic rings. The number of aliphatic hydroxyl groups excluding tert-OH is 1. The number of likely N-dealkylation sites (tertiary alicyclic amines) is 1. The molecule has 0 aromatic heterocycles. The van der Waals surface area contributed by atoms with E-state index >= 15 is 0 Å². The number of piperidine rings is 2. The number of halogens is 1. The van der Waals surface area contributed by atoms with Gasteiger partial charge in [-0.05, 0) is 71.2 Å². The standard InChI is InChI=1S/C20H31FN2O/c1-19(2)11-16(12-20(3,4)22-19)23-10-9-17(18(24)13-23)14-5-7-15(21)8-6-14/h5-8,16-18,22,24H,9-13H2,1-4H3/t17-,18+/m0/s1. The van der Waals surface area contributed by atoms with Gasteiger partial charge in [0.1, 0.15) is 5.82 Å².